The molecule has 22 nitrogen and oxygen atoms in total. The summed E-state index contributed by atoms with van der Waals surface area (Å²) < 4.78 is 41.8. The number of alkyl halides is 4. The van der Waals surface area contributed by atoms with Gasteiger partial charge >= 0.3 is 6.18 Å². The van der Waals surface area contributed by atoms with Crippen molar-refractivity contribution in [1.82, 2.24) is 55.6 Å². The molecule has 2 saturated heterocycles. The monoisotopic (exact) mass is 1340 g/mol. The van der Waals surface area contributed by atoms with Crippen molar-refractivity contribution in [2.24, 2.45) is 41.4 Å². The Morgan fingerprint density at radius 1 is 0.581 bits per heavy atom. The van der Waals surface area contributed by atoms with E-state index in [2.05, 4.69) is 21.3 Å². The zero-order chi connectivity index (χ0) is 69.6. The van der Waals surface area contributed by atoms with Crippen molar-refractivity contribution in [3.63, 3.8) is 0 Å². The van der Waals surface area contributed by atoms with Gasteiger partial charge < -0.3 is 55.6 Å². The molecular weight excluding hydrogens is 1230 g/mol. The Balaban J connectivity index is 1.55. The highest BCUT2D eigenvalue weighted by Crippen LogP contribution is 2.44. The van der Waals surface area contributed by atoms with E-state index in [4.69, 9.17) is 11.6 Å². The molecular formula is C67H111ClF3N11O11. The van der Waals surface area contributed by atoms with Crippen LogP contribution < -0.4 is 21.3 Å². The fraction of sp³-hybridized carbons (Fsp3) is 0.836. The van der Waals surface area contributed by atoms with E-state index in [0.29, 0.717) is 32.1 Å². The summed E-state index contributed by atoms with van der Waals surface area (Å²) in [5.74, 6) is -9.54. The molecule has 26 heteroatoms. The Morgan fingerprint density at radius 2 is 1.18 bits per heavy atom. The third-order valence-electron chi connectivity index (χ3n) is 20.4. The summed E-state index contributed by atoms with van der Waals surface area (Å²) in [6, 6.07) is -7.56. The van der Waals surface area contributed by atoms with E-state index in [0.717, 1.165) is 41.9 Å². The van der Waals surface area contributed by atoms with E-state index in [1.54, 1.807) is 20.8 Å². The molecule has 0 radical (unpaired) electrons. The maximum atomic E-state index is 15.2. The lowest BCUT2D eigenvalue weighted by Gasteiger charge is -2.39. The second-order valence-electron chi connectivity index (χ2n) is 29.1. The largest absolute Gasteiger partial charge is 0.393 e. The van der Waals surface area contributed by atoms with Crippen LogP contribution in [-0.4, -0.2) is 227 Å². The molecule has 3 unspecified atom stereocenters. The summed E-state index contributed by atoms with van der Waals surface area (Å²) >= 11 is 6.37. The van der Waals surface area contributed by atoms with Crippen LogP contribution in [0.1, 0.15) is 190 Å². The summed E-state index contributed by atoms with van der Waals surface area (Å²) in [5, 5.41) is 10.7. The van der Waals surface area contributed by atoms with Crippen molar-refractivity contribution >= 4 is 76.6 Å². The van der Waals surface area contributed by atoms with Gasteiger partial charge in [0.1, 0.15) is 41.8 Å². The Labute approximate surface area is 555 Å². The number of hydrogen-bond acceptors (Lipinski definition) is 11. The molecule has 1 spiro atoms. The number of nitrogens with zero attached hydrogens (tertiary/aromatic N) is 7. The molecule has 3 aliphatic carbocycles. The zero-order valence-electron chi connectivity index (χ0n) is 58.0. The van der Waals surface area contributed by atoms with Gasteiger partial charge in [0.25, 0.3) is 0 Å². The molecule has 0 aromatic heterocycles. The molecule has 5 aliphatic rings. The molecule has 3 saturated carbocycles. The van der Waals surface area contributed by atoms with Gasteiger partial charge in [0, 0.05) is 66.7 Å². The van der Waals surface area contributed by atoms with Crippen LogP contribution >= 0.6 is 11.6 Å². The molecule has 93 heavy (non-hydrogen) atoms. The van der Waals surface area contributed by atoms with Crippen molar-refractivity contribution < 1.29 is 65.9 Å². The van der Waals surface area contributed by atoms with Gasteiger partial charge in [-0.2, -0.15) is 13.2 Å². The lowest BCUT2D eigenvalue weighted by Crippen LogP contribution is -2.64. The van der Waals surface area contributed by atoms with Crippen molar-refractivity contribution in [3.05, 3.63) is 0 Å². The Morgan fingerprint density at radius 3 is 1.76 bits per heavy atom. The molecule has 0 aromatic rings. The zero-order valence-corrected chi connectivity index (χ0v) is 58.7. The molecule has 11 amide bonds. The molecule has 528 valence electrons. The van der Waals surface area contributed by atoms with Crippen LogP contribution in [0, 0.1) is 41.4 Å². The first kappa shape index (κ1) is 78.0. The van der Waals surface area contributed by atoms with Crippen molar-refractivity contribution in [2.45, 2.75) is 250 Å². The number of nitrogens with one attached hydrogen (secondary N) is 4. The van der Waals surface area contributed by atoms with Gasteiger partial charge in [0.2, 0.25) is 65.0 Å². The maximum absolute atomic E-state index is 15.2. The summed E-state index contributed by atoms with van der Waals surface area (Å²) in [6.07, 6.45) is 3.25. The first-order valence-electron chi connectivity index (χ1n) is 34.3. The van der Waals surface area contributed by atoms with Crippen LogP contribution in [0.4, 0.5) is 13.2 Å². The molecule has 2 aliphatic heterocycles. The van der Waals surface area contributed by atoms with Crippen LogP contribution in [0.25, 0.3) is 0 Å². The highest BCUT2D eigenvalue weighted by molar-refractivity contribution is 6.20. The minimum atomic E-state index is -4.49. The Bertz CT molecular complexity index is 2620. The maximum Gasteiger partial charge on any atom is 0.393 e. The van der Waals surface area contributed by atoms with E-state index in [-0.39, 0.29) is 101 Å². The summed E-state index contributed by atoms with van der Waals surface area (Å²) in [5.41, 5.74) is -1.48. The van der Waals surface area contributed by atoms with Gasteiger partial charge in [-0.15, -0.1) is 11.6 Å². The number of carbonyl (C=O) groups excluding carboxylic acids is 11. The molecule has 4 N–H and O–H groups in total. The van der Waals surface area contributed by atoms with Crippen LogP contribution in [0.3, 0.4) is 0 Å². The van der Waals surface area contributed by atoms with Gasteiger partial charge in [0.05, 0.1) is 25.6 Å². The number of rotatable bonds is 12. The molecule has 5 rings (SSSR count). The second kappa shape index (κ2) is 34.8. The normalized spacial score (nSPS) is 29.3. The lowest BCUT2D eigenvalue weighted by molar-refractivity contribution is -0.182. The third kappa shape index (κ3) is 21.1. The van der Waals surface area contributed by atoms with E-state index in [9.17, 15) is 56.3 Å². The second-order valence-corrected chi connectivity index (χ2v) is 29.6. The molecule has 0 aromatic carbocycles. The lowest BCUT2D eigenvalue weighted by atomic mass is 9.78. The van der Waals surface area contributed by atoms with Gasteiger partial charge in [-0.3, -0.25) is 52.7 Å². The highest BCUT2D eigenvalue weighted by atomic mass is 35.5. The smallest absolute Gasteiger partial charge is 0.351 e. The van der Waals surface area contributed by atoms with E-state index in [1.165, 1.54) is 66.8 Å². The Hall–Kier alpha value is -5.75. The van der Waals surface area contributed by atoms with Crippen LogP contribution in [0.2, 0.25) is 0 Å². The highest BCUT2D eigenvalue weighted by Gasteiger charge is 2.51. The number of fused-ring (bicyclic) bond motifs is 1. The minimum absolute atomic E-state index is 0.0141. The number of hydrogen-bond donors (Lipinski definition) is 4. The van der Waals surface area contributed by atoms with E-state index in [1.807, 2.05) is 34.6 Å². The molecule has 5 fully saturated rings. The number of likely N-dealkylation sites (N-methyl/N-ethyl adjacent to an activating group) is 6. The average Bonchev–Trinajstić information content (AvgIpc) is 1.76. The van der Waals surface area contributed by atoms with Gasteiger partial charge in [-0.05, 0) is 113 Å². The fourth-order valence-electron chi connectivity index (χ4n) is 14.6. The van der Waals surface area contributed by atoms with E-state index < -0.39 is 162 Å². The van der Waals surface area contributed by atoms with Crippen LogP contribution in [0.15, 0.2) is 0 Å². The van der Waals surface area contributed by atoms with Gasteiger partial charge in [-0.25, -0.2) is 0 Å². The van der Waals surface area contributed by atoms with Crippen LogP contribution in [-0.2, 0) is 52.7 Å². The number of amides is 11. The molecule has 2 heterocycles. The third-order valence-corrected chi connectivity index (χ3v) is 20.9. The summed E-state index contributed by atoms with van der Waals surface area (Å²) in [7, 11) is 8.68. The average molecular weight is 1340 g/mol. The molecule has 0 bridgehead atoms. The van der Waals surface area contributed by atoms with Gasteiger partial charge in [-0.1, -0.05) is 107 Å². The minimum Gasteiger partial charge on any atom is -0.351 e. The van der Waals surface area contributed by atoms with Crippen molar-refractivity contribution in [1.29, 1.82) is 0 Å². The van der Waals surface area contributed by atoms with Crippen molar-refractivity contribution in [2.75, 3.05) is 68.5 Å². The summed E-state index contributed by atoms with van der Waals surface area (Å²) in [6.45, 7) is 13.4. The molecule has 11 atom stereocenters. The first-order chi connectivity index (χ1) is 43.5. The van der Waals surface area contributed by atoms with Gasteiger partial charge in [0.15, 0.2) is 0 Å². The number of carbonyl (C=O) groups is 11. The quantitative estimate of drug-likeness (QED) is 0.159. The van der Waals surface area contributed by atoms with Crippen molar-refractivity contribution in [3.8, 4) is 0 Å². The Kier molecular flexibility index (Phi) is 29.2. The number of halogens is 4. The predicted octanol–water partition coefficient (Wildman–Crippen LogP) is 6.25. The fourth-order valence-corrected chi connectivity index (χ4v) is 15.2. The summed E-state index contributed by atoms with van der Waals surface area (Å²) in [4.78, 5) is 170. The topological polar surface area (TPSA) is 259 Å². The first-order valence-corrected chi connectivity index (χ1v) is 34.7. The predicted molar refractivity (Wildman–Crippen MR) is 347 cm³/mol. The van der Waals surface area contributed by atoms with Crippen LogP contribution in [0.5, 0.6) is 0 Å². The standard InChI is InChI=1S/C67H111ClF3N11O11/c1-15-43(8)57-64(92)78(11)38-55(85)76(9)39-56(86)80(13)52(35-44-22-17-16-18-23-44)63(91)77(10)37-53(83)73-49(28-26-45-25-27-47(48(68)34-45)67(69,70)71)62(90)82-31-21-24-50(82)60(88)75-66(29-19-20-30-66)65(93)81(14)58(42(6)7)61(89)72-46(32-40(2)3)36-54(84)79(12)51(33-41(4)5)59(87)74-57/h40-52,57-58H,15-39H2,1-14H3,(H,72,89)(H,73,83)(H,74,87)(H,75,88)/t43-,45?,46+,47?,48?,49-,50-,51-,52-,57-,58-/m0/s1. The van der Waals surface area contributed by atoms with E-state index >= 15 is 9.59 Å². The SMILES string of the molecule is CC[C@H](C)[C@@H]1NC(=O)[C@H](CC(C)C)N(C)C(=O)C[C@@H](CC(C)C)NC(=O)[C@H](C(C)C)N(C)C(=O)C2(CCCC2)NC(=O)[C@@H]2CCCN2C(=O)[C@H](CCC2CCC(C(F)(F)F)C(Cl)C2)NC(=O)CN(C)C(=O)[C@H](CC2CCCCC2)N(C)C(=O)CN(C)C(=O)CN(C)C1=O.